The highest BCUT2D eigenvalue weighted by Gasteiger charge is 2.10. The SMILES string of the molecule is Cc1ccc(NC(=O)Cc2csc(SCC(=O)Nc3ccc(Cl)cc3)n2)cc1. The smallest absolute Gasteiger partial charge is 0.234 e. The second-order valence-electron chi connectivity index (χ2n) is 6.04. The van der Waals surface area contributed by atoms with E-state index in [2.05, 4.69) is 15.6 Å². The summed E-state index contributed by atoms with van der Waals surface area (Å²) < 4.78 is 0.754. The Bertz CT molecular complexity index is 956. The Morgan fingerprint density at radius 3 is 2.29 bits per heavy atom. The van der Waals surface area contributed by atoms with Crippen LogP contribution in [0.15, 0.2) is 58.3 Å². The molecular weight excluding hydrogens is 414 g/mol. The molecule has 5 nitrogen and oxygen atoms in total. The van der Waals surface area contributed by atoms with E-state index in [9.17, 15) is 9.59 Å². The molecule has 1 aromatic heterocycles. The zero-order valence-electron chi connectivity index (χ0n) is 15.1. The number of thioether (sulfide) groups is 1. The number of hydrogen-bond donors (Lipinski definition) is 2. The van der Waals surface area contributed by atoms with Gasteiger partial charge in [-0.3, -0.25) is 9.59 Å². The molecule has 0 bridgehead atoms. The van der Waals surface area contributed by atoms with Crippen LogP contribution in [-0.4, -0.2) is 22.6 Å². The average Bonchev–Trinajstić information content (AvgIpc) is 3.11. The third-order valence-electron chi connectivity index (χ3n) is 3.66. The Morgan fingerprint density at radius 2 is 1.61 bits per heavy atom. The van der Waals surface area contributed by atoms with Crippen LogP contribution in [-0.2, 0) is 16.0 Å². The molecule has 0 atom stereocenters. The van der Waals surface area contributed by atoms with Crippen LogP contribution in [0, 0.1) is 6.92 Å². The Morgan fingerprint density at radius 1 is 1.00 bits per heavy atom. The number of halogens is 1. The van der Waals surface area contributed by atoms with Crippen LogP contribution in [0.5, 0.6) is 0 Å². The summed E-state index contributed by atoms with van der Waals surface area (Å²) in [6.45, 7) is 2.00. The number of amides is 2. The van der Waals surface area contributed by atoms with Crippen molar-refractivity contribution < 1.29 is 9.59 Å². The van der Waals surface area contributed by atoms with Gasteiger partial charge in [0.05, 0.1) is 17.9 Å². The summed E-state index contributed by atoms with van der Waals surface area (Å²) in [6.07, 6.45) is 0.196. The molecule has 1 heterocycles. The zero-order chi connectivity index (χ0) is 19.9. The van der Waals surface area contributed by atoms with E-state index >= 15 is 0 Å². The first-order chi connectivity index (χ1) is 13.5. The Kier molecular flexibility index (Phi) is 7.08. The van der Waals surface area contributed by atoms with E-state index in [1.807, 2.05) is 36.6 Å². The van der Waals surface area contributed by atoms with E-state index in [4.69, 9.17) is 11.6 Å². The summed E-state index contributed by atoms with van der Waals surface area (Å²) >= 11 is 8.59. The molecule has 0 saturated heterocycles. The summed E-state index contributed by atoms with van der Waals surface area (Å²) in [5, 5.41) is 8.12. The molecule has 8 heteroatoms. The topological polar surface area (TPSA) is 71.1 Å². The maximum Gasteiger partial charge on any atom is 0.234 e. The highest BCUT2D eigenvalue weighted by Crippen LogP contribution is 2.23. The number of aryl methyl sites for hydroxylation is 1. The molecule has 0 saturated carbocycles. The summed E-state index contributed by atoms with van der Waals surface area (Å²) in [6, 6.07) is 14.6. The van der Waals surface area contributed by atoms with Gasteiger partial charge in [0.2, 0.25) is 11.8 Å². The summed E-state index contributed by atoms with van der Waals surface area (Å²) in [7, 11) is 0. The van der Waals surface area contributed by atoms with Gasteiger partial charge in [0.25, 0.3) is 0 Å². The van der Waals surface area contributed by atoms with E-state index in [0.717, 1.165) is 15.6 Å². The lowest BCUT2D eigenvalue weighted by Crippen LogP contribution is -2.14. The summed E-state index contributed by atoms with van der Waals surface area (Å²) in [5.74, 6) is -0.00196. The van der Waals surface area contributed by atoms with E-state index in [0.29, 0.717) is 16.4 Å². The number of anilines is 2. The van der Waals surface area contributed by atoms with Crippen molar-refractivity contribution in [3.8, 4) is 0 Å². The van der Waals surface area contributed by atoms with Gasteiger partial charge in [-0.2, -0.15) is 0 Å². The van der Waals surface area contributed by atoms with Crippen LogP contribution in [0.25, 0.3) is 0 Å². The van der Waals surface area contributed by atoms with Crippen LogP contribution in [0.4, 0.5) is 11.4 Å². The summed E-state index contributed by atoms with van der Waals surface area (Å²) in [4.78, 5) is 28.6. The Hall–Kier alpha value is -2.35. The molecular formula is C20H18ClN3O2S2. The molecule has 0 radical (unpaired) electrons. The van der Waals surface area contributed by atoms with Crippen molar-refractivity contribution in [2.45, 2.75) is 17.7 Å². The lowest BCUT2D eigenvalue weighted by atomic mass is 10.2. The summed E-state index contributed by atoms with van der Waals surface area (Å²) in [5.41, 5.74) is 3.29. The quantitative estimate of drug-likeness (QED) is 0.515. The van der Waals surface area contributed by atoms with Gasteiger partial charge in [-0.05, 0) is 43.3 Å². The highest BCUT2D eigenvalue weighted by atomic mass is 35.5. The molecule has 2 N–H and O–H groups in total. The number of nitrogens with one attached hydrogen (secondary N) is 2. The highest BCUT2D eigenvalue weighted by molar-refractivity contribution is 8.01. The first-order valence-corrected chi connectivity index (χ1v) is 10.7. The van der Waals surface area contributed by atoms with Crippen LogP contribution in [0.2, 0.25) is 5.02 Å². The van der Waals surface area contributed by atoms with Crippen LogP contribution in [0.3, 0.4) is 0 Å². The minimum absolute atomic E-state index is 0.119. The number of aromatic nitrogens is 1. The zero-order valence-corrected chi connectivity index (χ0v) is 17.5. The Labute approximate surface area is 176 Å². The molecule has 3 aromatic rings. The van der Waals surface area contributed by atoms with Crippen molar-refractivity contribution in [2.75, 3.05) is 16.4 Å². The molecule has 2 amide bonds. The third kappa shape index (κ3) is 6.37. The molecule has 0 aliphatic rings. The van der Waals surface area contributed by atoms with Crippen molar-refractivity contribution in [1.82, 2.24) is 4.98 Å². The molecule has 144 valence electrons. The van der Waals surface area contributed by atoms with Gasteiger partial charge in [-0.25, -0.2) is 4.98 Å². The van der Waals surface area contributed by atoms with Crippen molar-refractivity contribution in [3.63, 3.8) is 0 Å². The monoisotopic (exact) mass is 431 g/mol. The Balaban J connectivity index is 1.45. The fourth-order valence-corrected chi connectivity index (χ4v) is 4.07. The lowest BCUT2D eigenvalue weighted by molar-refractivity contribution is -0.116. The molecule has 28 heavy (non-hydrogen) atoms. The second kappa shape index (κ2) is 9.73. The number of hydrogen-bond acceptors (Lipinski definition) is 5. The van der Waals surface area contributed by atoms with Crippen LogP contribution < -0.4 is 10.6 Å². The van der Waals surface area contributed by atoms with Crippen LogP contribution >= 0.6 is 34.7 Å². The fraction of sp³-hybridized carbons (Fsp3) is 0.150. The van der Waals surface area contributed by atoms with E-state index < -0.39 is 0 Å². The predicted molar refractivity (Wildman–Crippen MR) is 116 cm³/mol. The number of nitrogens with zero attached hydrogens (tertiary/aromatic N) is 1. The molecule has 0 fully saturated rings. The molecule has 0 aliphatic carbocycles. The maximum absolute atomic E-state index is 12.1. The average molecular weight is 432 g/mol. The number of benzene rings is 2. The van der Waals surface area contributed by atoms with Gasteiger partial charge < -0.3 is 10.6 Å². The third-order valence-corrected chi connectivity index (χ3v) is 5.98. The largest absolute Gasteiger partial charge is 0.326 e. The van der Waals surface area contributed by atoms with Crippen molar-refractivity contribution >= 4 is 57.9 Å². The molecule has 0 spiro atoms. The van der Waals surface area contributed by atoms with Gasteiger partial charge in [0.15, 0.2) is 4.34 Å². The number of rotatable bonds is 7. The number of thiazole rings is 1. The minimum atomic E-state index is -0.124. The molecule has 0 unspecified atom stereocenters. The molecule has 2 aromatic carbocycles. The van der Waals surface area contributed by atoms with E-state index in [1.165, 1.54) is 23.1 Å². The van der Waals surface area contributed by atoms with Gasteiger partial charge in [-0.15, -0.1) is 11.3 Å². The van der Waals surface area contributed by atoms with Crippen molar-refractivity contribution in [1.29, 1.82) is 0 Å². The fourth-order valence-electron chi connectivity index (χ4n) is 2.30. The molecule has 0 aliphatic heterocycles. The normalized spacial score (nSPS) is 10.5. The first kappa shape index (κ1) is 20.4. The standard InChI is InChI=1S/C20H18ClN3O2S2/c1-13-2-6-15(7-3-13)22-18(25)10-17-11-27-20(24-17)28-12-19(26)23-16-8-4-14(21)5-9-16/h2-9,11H,10,12H2,1H3,(H,22,25)(H,23,26). The van der Waals surface area contributed by atoms with E-state index in [-0.39, 0.29) is 24.0 Å². The second-order valence-corrected chi connectivity index (χ2v) is 8.56. The van der Waals surface area contributed by atoms with Crippen LogP contribution in [0.1, 0.15) is 11.3 Å². The maximum atomic E-state index is 12.1. The molecule has 3 rings (SSSR count). The number of carbonyl (C=O) groups excluding carboxylic acids is 2. The lowest BCUT2D eigenvalue weighted by Gasteiger charge is -2.04. The predicted octanol–water partition coefficient (Wildman–Crippen LogP) is 5.02. The van der Waals surface area contributed by atoms with E-state index in [1.54, 1.807) is 24.3 Å². The van der Waals surface area contributed by atoms with Gasteiger partial charge in [0.1, 0.15) is 0 Å². The minimum Gasteiger partial charge on any atom is -0.326 e. The van der Waals surface area contributed by atoms with Gasteiger partial charge >= 0.3 is 0 Å². The van der Waals surface area contributed by atoms with Crippen molar-refractivity contribution in [2.24, 2.45) is 0 Å². The first-order valence-electron chi connectivity index (χ1n) is 8.47. The van der Waals surface area contributed by atoms with Gasteiger partial charge in [-0.1, -0.05) is 41.1 Å². The van der Waals surface area contributed by atoms with Crippen molar-refractivity contribution in [3.05, 3.63) is 70.2 Å². The van der Waals surface area contributed by atoms with Gasteiger partial charge in [0, 0.05) is 21.8 Å². The number of carbonyl (C=O) groups is 2.